The van der Waals surface area contributed by atoms with Crippen LogP contribution >= 0.6 is 0 Å². The minimum Gasteiger partial charge on any atom is -0.393 e. The highest BCUT2D eigenvalue weighted by Gasteiger charge is 2.42. The van der Waals surface area contributed by atoms with Crippen molar-refractivity contribution in [2.24, 2.45) is 23.2 Å². The molecule has 2 aliphatic carbocycles. The fraction of sp³-hybridized carbons (Fsp3) is 1.00. The second-order valence-electron chi connectivity index (χ2n) is 7.01. The Labute approximate surface area is 94.3 Å². The van der Waals surface area contributed by atoms with Crippen molar-refractivity contribution in [3.05, 3.63) is 0 Å². The molecule has 2 aliphatic rings. The quantitative estimate of drug-likeness (QED) is 0.754. The molecule has 1 heteroatoms. The molecule has 0 spiro atoms. The molecule has 0 aromatic heterocycles. The molecule has 2 rings (SSSR count). The second-order valence-corrected chi connectivity index (χ2v) is 7.01. The lowest BCUT2D eigenvalue weighted by Gasteiger charge is -2.29. The van der Waals surface area contributed by atoms with Crippen LogP contribution in [-0.4, -0.2) is 11.2 Å². The molecule has 1 nitrogen and oxygen atoms in total. The Hall–Kier alpha value is -0.0400. The highest BCUT2D eigenvalue weighted by molar-refractivity contribution is 4.93. The zero-order chi connectivity index (χ0) is 11.1. The van der Waals surface area contributed by atoms with Gasteiger partial charge in [0.1, 0.15) is 0 Å². The summed E-state index contributed by atoms with van der Waals surface area (Å²) in [6, 6.07) is 0. The lowest BCUT2D eigenvalue weighted by molar-refractivity contribution is 0.0577. The Morgan fingerprint density at radius 1 is 1.20 bits per heavy atom. The number of fused-ring (bicyclic) bond motifs is 2. The molecule has 2 saturated carbocycles. The smallest absolute Gasteiger partial charge is 0.0571 e. The van der Waals surface area contributed by atoms with Gasteiger partial charge in [-0.2, -0.15) is 0 Å². The number of aliphatic hydroxyl groups is 1. The van der Waals surface area contributed by atoms with E-state index in [1.807, 2.05) is 0 Å². The summed E-state index contributed by atoms with van der Waals surface area (Å²) in [5.74, 6) is 2.47. The molecule has 4 atom stereocenters. The van der Waals surface area contributed by atoms with Gasteiger partial charge < -0.3 is 5.11 Å². The van der Waals surface area contributed by atoms with Crippen LogP contribution < -0.4 is 0 Å². The van der Waals surface area contributed by atoms with E-state index in [4.69, 9.17) is 0 Å². The molecule has 0 saturated heterocycles. The molecule has 15 heavy (non-hydrogen) atoms. The van der Waals surface area contributed by atoms with Gasteiger partial charge in [-0.05, 0) is 55.3 Å². The highest BCUT2D eigenvalue weighted by atomic mass is 16.3. The van der Waals surface area contributed by atoms with Gasteiger partial charge in [0.15, 0.2) is 0 Å². The lowest BCUT2D eigenvalue weighted by Crippen LogP contribution is -2.26. The second kappa shape index (κ2) is 4.08. The topological polar surface area (TPSA) is 20.2 Å². The largest absolute Gasteiger partial charge is 0.393 e. The van der Waals surface area contributed by atoms with Crippen molar-refractivity contribution in [1.82, 2.24) is 0 Å². The van der Waals surface area contributed by atoms with E-state index in [0.717, 1.165) is 24.7 Å². The monoisotopic (exact) mass is 210 g/mol. The molecule has 0 aliphatic heterocycles. The Kier molecular flexibility index (Phi) is 3.12. The summed E-state index contributed by atoms with van der Waals surface area (Å²) in [6.45, 7) is 6.79. The van der Waals surface area contributed by atoms with Crippen molar-refractivity contribution in [2.45, 2.75) is 65.4 Å². The molecule has 4 unspecified atom stereocenters. The summed E-state index contributed by atoms with van der Waals surface area (Å²) in [7, 11) is 0. The van der Waals surface area contributed by atoms with E-state index >= 15 is 0 Å². The minimum absolute atomic E-state index is 0.0143. The first kappa shape index (κ1) is 11.4. The molecule has 2 bridgehead atoms. The average Bonchev–Trinajstić information content (AvgIpc) is 2.73. The number of hydrogen-bond acceptors (Lipinski definition) is 1. The van der Waals surface area contributed by atoms with Gasteiger partial charge in [0.2, 0.25) is 0 Å². The summed E-state index contributed by atoms with van der Waals surface area (Å²) >= 11 is 0. The molecular weight excluding hydrogens is 184 g/mol. The molecule has 0 heterocycles. The summed E-state index contributed by atoms with van der Waals surface area (Å²) in [4.78, 5) is 0. The van der Waals surface area contributed by atoms with Crippen molar-refractivity contribution < 1.29 is 5.11 Å². The minimum atomic E-state index is -0.0143. The van der Waals surface area contributed by atoms with Crippen molar-refractivity contribution in [3.63, 3.8) is 0 Å². The summed E-state index contributed by atoms with van der Waals surface area (Å²) in [5.41, 5.74) is 0.374. The van der Waals surface area contributed by atoms with E-state index in [9.17, 15) is 5.11 Å². The zero-order valence-electron chi connectivity index (χ0n) is 10.5. The van der Waals surface area contributed by atoms with Crippen LogP contribution in [0.4, 0.5) is 0 Å². The fourth-order valence-corrected chi connectivity index (χ4v) is 3.56. The SMILES string of the molecule is CC(C)(C)CCC(O)C1CC2CCC1C2. The number of rotatable bonds is 3. The molecule has 1 N–H and O–H groups in total. The van der Waals surface area contributed by atoms with Gasteiger partial charge >= 0.3 is 0 Å². The van der Waals surface area contributed by atoms with Gasteiger partial charge in [-0.25, -0.2) is 0 Å². The molecule has 88 valence electrons. The zero-order valence-corrected chi connectivity index (χ0v) is 10.5. The normalized spacial score (nSPS) is 37.2. The number of aliphatic hydroxyl groups excluding tert-OH is 1. The van der Waals surface area contributed by atoms with Crippen molar-refractivity contribution in [1.29, 1.82) is 0 Å². The van der Waals surface area contributed by atoms with Crippen molar-refractivity contribution >= 4 is 0 Å². The summed E-state index contributed by atoms with van der Waals surface area (Å²) in [5, 5.41) is 10.2. The van der Waals surface area contributed by atoms with Crippen LogP contribution in [-0.2, 0) is 0 Å². The Morgan fingerprint density at radius 3 is 2.40 bits per heavy atom. The molecule has 0 aromatic carbocycles. The van der Waals surface area contributed by atoms with Crippen LogP contribution in [0.5, 0.6) is 0 Å². The maximum atomic E-state index is 10.2. The Morgan fingerprint density at radius 2 is 1.93 bits per heavy atom. The summed E-state index contributed by atoms with van der Waals surface area (Å²) < 4.78 is 0. The maximum absolute atomic E-state index is 10.2. The third-order valence-corrected chi connectivity index (χ3v) is 4.48. The lowest BCUT2D eigenvalue weighted by atomic mass is 9.80. The van der Waals surface area contributed by atoms with Crippen LogP contribution in [0.15, 0.2) is 0 Å². The van der Waals surface area contributed by atoms with Gasteiger partial charge in [0.25, 0.3) is 0 Å². The average molecular weight is 210 g/mol. The van der Waals surface area contributed by atoms with Crippen LogP contribution in [0.3, 0.4) is 0 Å². The van der Waals surface area contributed by atoms with E-state index in [1.165, 1.54) is 25.7 Å². The Balaban J connectivity index is 1.79. The van der Waals surface area contributed by atoms with Crippen molar-refractivity contribution in [2.75, 3.05) is 0 Å². The van der Waals surface area contributed by atoms with E-state index in [2.05, 4.69) is 20.8 Å². The van der Waals surface area contributed by atoms with Crippen molar-refractivity contribution in [3.8, 4) is 0 Å². The van der Waals surface area contributed by atoms with E-state index in [0.29, 0.717) is 11.3 Å². The van der Waals surface area contributed by atoms with Gasteiger partial charge in [-0.1, -0.05) is 27.2 Å². The first-order valence-electron chi connectivity index (χ1n) is 6.64. The predicted octanol–water partition coefficient (Wildman–Crippen LogP) is 3.61. The van der Waals surface area contributed by atoms with Crippen LogP contribution in [0, 0.1) is 23.2 Å². The number of hydrogen-bond donors (Lipinski definition) is 1. The third kappa shape index (κ3) is 2.75. The molecule has 0 radical (unpaired) electrons. The Bertz CT molecular complexity index is 216. The van der Waals surface area contributed by atoms with E-state index in [1.54, 1.807) is 0 Å². The van der Waals surface area contributed by atoms with E-state index < -0.39 is 0 Å². The molecule has 0 amide bonds. The van der Waals surface area contributed by atoms with Gasteiger partial charge in [-0.3, -0.25) is 0 Å². The summed E-state index contributed by atoms with van der Waals surface area (Å²) in [6.07, 6.45) is 7.71. The van der Waals surface area contributed by atoms with E-state index in [-0.39, 0.29) is 6.10 Å². The molecule has 2 fully saturated rings. The van der Waals surface area contributed by atoms with Crippen LogP contribution in [0.2, 0.25) is 0 Å². The fourth-order valence-electron chi connectivity index (χ4n) is 3.56. The first-order valence-corrected chi connectivity index (χ1v) is 6.64. The molecule has 0 aromatic rings. The third-order valence-electron chi connectivity index (χ3n) is 4.48. The standard InChI is InChI=1S/C14H26O/c1-14(2,3)7-6-13(15)12-9-10-4-5-11(12)8-10/h10-13,15H,4-9H2,1-3H3. The van der Waals surface area contributed by atoms with Crippen LogP contribution in [0.25, 0.3) is 0 Å². The van der Waals surface area contributed by atoms with Gasteiger partial charge in [0, 0.05) is 0 Å². The van der Waals surface area contributed by atoms with Gasteiger partial charge in [-0.15, -0.1) is 0 Å². The first-order chi connectivity index (χ1) is 6.96. The maximum Gasteiger partial charge on any atom is 0.0571 e. The molecular formula is C14H26O. The highest BCUT2D eigenvalue weighted by Crippen LogP contribution is 2.50. The van der Waals surface area contributed by atoms with Crippen LogP contribution in [0.1, 0.15) is 59.3 Å². The van der Waals surface area contributed by atoms with Gasteiger partial charge in [0.05, 0.1) is 6.10 Å². The predicted molar refractivity (Wildman–Crippen MR) is 63.6 cm³/mol.